The predicted octanol–water partition coefficient (Wildman–Crippen LogP) is 9.37. The SMILES string of the molecule is C/C=C(\C=C/CCCC)C1CCC(OC(=O)C2CCC3CC(COc4ccc(OCC)c(F)c4F)CCC3C2)CC1. The number of halogens is 2. The fourth-order valence-corrected chi connectivity index (χ4v) is 7.24. The van der Waals surface area contributed by atoms with Crippen molar-refractivity contribution in [2.24, 2.45) is 29.6 Å². The average Bonchev–Trinajstić information content (AvgIpc) is 2.99. The molecule has 3 saturated carbocycles. The van der Waals surface area contributed by atoms with Crippen molar-refractivity contribution in [2.45, 2.75) is 110 Å². The van der Waals surface area contributed by atoms with Crippen LogP contribution in [0.4, 0.5) is 8.78 Å². The van der Waals surface area contributed by atoms with Crippen LogP contribution in [-0.2, 0) is 9.53 Å². The first kappa shape index (κ1) is 31.6. The number of carbonyl (C=O) groups is 1. The second-order valence-corrected chi connectivity index (χ2v) is 12.4. The van der Waals surface area contributed by atoms with E-state index in [0.29, 0.717) is 30.3 Å². The van der Waals surface area contributed by atoms with Gasteiger partial charge in [-0.05, 0) is 126 Å². The van der Waals surface area contributed by atoms with E-state index in [-0.39, 0.29) is 36.1 Å². The molecular formula is C35H50F2O4. The van der Waals surface area contributed by atoms with Crippen molar-refractivity contribution in [1.82, 2.24) is 0 Å². The van der Waals surface area contributed by atoms with Gasteiger partial charge in [-0.15, -0.1) is 0 Å². The van der Waals surface area contributed by atoms with E-state index in [1.165, 1.54) is 30.5 Å². The molecule has 4 rings (SSSR count). The van der Waals surface area contributed by atoms with Crippen molar-refractivity contribution >= 4 is 5.97 Å². The quantitative estimate of drug-likeness (QED) is 0.142. The summed E-state index contributed by atoms with van der Waals surface area (Å²) in [4.78, 5) is 13.1. The number of benzene rings is 1. The van der Waals surface area contributed by atoms with Gasteiger partial charge in [-0.3, -0.25) is 4.79 Å². The molecule has 0 amide bonds. The molecule has 3 aliphatic rings. The highest BCUT2D eigenvalue weighted by Crippen LogP contribution is 2.45. The summed E-state index contributed by atoms with van der Waals surface area (Å²) < 4.78 is 45.5. The number of ether oxygens (including phenoxy) is 3. The Labute approximate surface area is 245 Å². The summed E-state index contributed by atoms with van der Waals surface area (Å²) in [5, 5.41) is 0. The lowest BCUT2D eigenvalue weighted by atomic mass is 9.65. The summed E-state index contributed by atoms with van der Waals surface area (Å²) in [5.41, 5.74) is 1.43. The third-order valence-corrected chi connectivity index (χ3v) is 9.64. The summed E-state index contributed by atoms with van der Waals surface area (Å²) >= 11 is 0. The third kappa shape index (κ3) is 8.58. The van der Waals surface area contributed by atoms with Crippen LogP contribution in [0.5, 0.6) is 11.5 Å². The minimum absolute atomic E-state index is 0.00953. The first-order valence-electron chi connectivity index (χ1n) is 16.2. The van der Waals surface area contributed by atoms with Crippen molar-refractivity contribution in [3.05, 3.63) is 47.6 Å². The number of allylic oxidation sites excluding steroid dienone is 4. The molecular weight excluding hydrogens is 522 g/mol. The van der Waals surface area contributed by atoms with E-state index in [1.54, 1.807) is 6.92 Å². The van der Waals surface area contributed by atoms with Crippen molar-refractivity contribution < 1.29 is 27.8 Å². The van der Waals surface area contributed by atoms with Crippen molar-refractivity contribution in [3.8, 4) is 11.5 Å². The van der Waals surface area contributed by atoms with Crippen LogP contribution in [0.1, 0.15) is 104 Å². The van der Waals surface area contributed by atoms with E-state index in [0.717, 1.165) is 70.6 Å². The molecule has 1 aromatic rings. The second kappa shape index (κ2) is 15.7. The molecule has 0 radical (unpaired) electrons. The van der Waals surface area contributed by atoms with Crippen molar-refractivity contribution in [3.63, 3.8) is 0 Å². The van der Waals surface area contributed by atoms with E-state index < -0.39 is 11.6 Å². The smallest absolute Gasteiger partial charge is 0.309 e. The summed E-state index contributed by atoms with van der Waals surface area (Å²) in [5.74, 6) is -0.130. The summed E-state index contributed by atoms with van der Waals surface area (Å²) in [7, 11) is 0. The molecule has 0 spiro atoms. The Kier molecular flexibility index (Phi) is 12.1. The Balaban J connectivity index is 1.18. The first-order chi connectivity index (χ1) is 19.9. The molecule has 0 bridgehead atoms. The number of rotatable bonds is 12. The molecule has 0 aromatic heterocycles. The van der Waals surface area contributed by atoms with Crippen LogP contribution in [0, 0.1) is 41.2 Å². The van der Waals surface area contributed by atoms with Gasteiger partial charge in [-0.2, -0.15) is 8.78 Å². The molecule has 1 aromatic carbocycles. The summed E-state index contributed by atoms with van der Waals surface area (Å²) in [6.45, 7) is 6.74. The molecule has 0 saturated heterocycles. The number of esters is 1. The second-order valence-electron chi connectivity index (χ2n) is 12.4. The van der Waals surface area contributed by atoms with Gasteiger partial charge >= 0.3 is 5.97 Å². The predicted molar refractivity (Wildman–Crippen MR) is 159 cm³/mol. The standard InChI is InChI=1S/C35H50F2O4/c1-4-7-8-9-10-25(5-2)26-15-17-30(18-16-26)41-35(38)29-14-13-27-21-24(11-12-28(27)22-29)23-40-32-20-19-31(39-6-3)33(36)34(32)37/h5,9-10,19-20,24,26-30H,4,6-8,11-18,21-23H2,1-3H3/b10-9-,25-5+. The number of unbranched alkanes of at least 4 members (excludes halogenated alkanes) is 2. The minimum atomic E-state index is -0.996. The monoisotopic (exact) mass is 572 g/mol. The van der Waals surface area contributed by atoms with E-state index in [4.69, 9.17) is 14.2 Å². The lowest BCUT2D eigenvalue weighted by molar-refractivity contribution is -0.158. The number of fused-ring (bicyclic) bond motifs is 1. The molecule has 41 heavy (non-hydrogen) atoms. The zero-order valence-electron chi connectivity index (χ0n) is 25.3. The Morgan fingerprint density at radius 2 is 1.54 bits per heavy atom. The van der Waals surface area contributed by atoms with Crippen molar-refractivity contribution in [1.29, 1.82) is 0 Å². The Morgan fingerprint density at radius 1 is 0.878 bits per heavy atom. The Morgan fingerprint density at radius 3 is 2.22 bits per heavy atom. The van der Waals surface area contributed by atoms with E-state index in [9.17, 15) is 13.6 Å². The topological polar surface area (TPSA) is 44.8 Å². The zero-order valence-corrected chi connectivity index (χ0v) is 25.3. The molecule has 0 aliphatic heterocycles. The molecule has 3 aliphatic carbocycles. The normalized spacial score (nSPS) is 28.8. The van der Waals surface area contributed by atoms with Crippen LogP contribution in [0.15, 0.2) is 35.9 Å². The highest BCUT2D eigenvalue weighted by atomic mass is 19.2. The molecule has 3 fully saturated rings. The van der Waals surface area contributed by atoms with Crippen molar-refractivity contribution in [2.75, 3.05) is 13.2 Å². The van der Waals surface area contributed by atoms with Crippen LogP contribution in [0.25, 0.3) is 0 Å². The van der Waals surface area contributed by atoms with Gasteiger partial charge in [0.1, 0.15) is 6.10 Å². The largest absolute Gasteiger partial charge is 0.491 e. The van der Waals surface area contributed by atoms with Gasteiger partial charge < -0.3 is 14.2 Å². The molecule has 4 nitrogen and oxygen atoms in total. The van der Waals surface area contributed by atoms with Gasteiger partial charge in [0.15, 0.2) is 11.5 Å². The first-order valence-corrected chi connectivity index (χ1v) is 16.2. The maximum atomic E-state index is 14.4. The number of hydrogen-bond acceptors (Lipinski definition) is 4. The maximum Gasteiger partial charge on any atom is 0.309 e. The highest BCUT2D eigenvalue weighted by molar-refractivity contribution is 5.72. The summed E-state index contributed by atoms with van der Waals surface area (Å²) in [6, 6.07) is 2.87. The molecule has 0 heterocycles. The van der Waals surface area contributed by atoms with Gasteiger partial charge in [-0.25, -0.2) is 0 Å². The molecule has 4 unspecified atom stereocenters. The fourth-order valence-electron chi connectivity index (χ4n) is 7.24. The minimum Gasteiger partial charge on any atom is -0.491 e. The zero-order chi connectivity index (χ0) is 29.2. The maximum absolute atomic E-state index is 14.4. The molecule has 228 valence electrons. The Bertz CT molecular complexity index is 1040. The van der Waals surface area contributed by atoms with Crippen LogP contribution in [0.3, 0.4) is 0 Å². The van der Waals surface area contributed by atoms with Crippen LogP contribution in [0.2, 0.25) is 0 Å². The van der Waals surface area contributed by atoms with E-state index in [2.05, 4.69) is 32.1 Å². The number of carbonyl (C=O) groups excluding carboxylic acids is 1. The average molecular weight is 573 g/mol. The van der Waals surface area contributed by atoms with E-state index in [1.807, 2.05) is 0 Å². The lowest BCUT2D eigenvalue weighted by Gasteiger charge is -2.41. The van der Waals surface area contributed by atoms with Gasteiger partial charge in [0.05, 0.1) is 19.1 Å². The molecule has 0 N–H and O–H groups in total. The van der Waals surface area contributed by atoms with E-state index >= 15 is 0 Å². The van der Waals surface area contributed by atoms with Gasteiger partial charge in [-0.1, -0.05) is 38.0 Å². The summed E-state index contributed by atoms with van der Waals surface area (Å²) in [6.07, 6.45) is 20.5. The van der Waals surface area contributed by atoms with Crippen LogP contribution < -0.4 is 9.47 Å². The highest BCUT2D eigenvalue weighted by Gasteiger charge is 2.39. The third-order valence-electron chi connectivity index (χ3n) is 9.64. The fraction of sp³-hybridized carbons (Fsp3) is 0.686. The van der Waals surface area contributed by atoms with Crippen LogP contribution >= 0.6 is 0 Å². The molecule has 6 heteroatoms. The molecule has 4 atom stereocenters. The number of hydrogen-bond donors (Lipinski definition) is 0. The lowest BCUT2D eigenvalue weighted by Crippen LogP contribution is -2.37. The van der Waals surface area contributed by atoms with Crippen LogP contribution in [-0.4, -0.2) is 25.3 Å². The Hall–Kier alpha value is -2.37. The van der Waals surface area contributed by atoms with Gasteiger partial charge in [0.25, 0.3) is 0 Å². The van der Waals surface area contributed by atoms with Gasteiger partial charge in [0, 0.05) is 0 Å². The van der Waals surface area contributed by atoms with Gasteiger partial charge in [0.2, 0.25) is 11.6 Å².